The second-order valence-electron chi connectivity index (χ2n) is 4.77. The molecule has 1 saturated heterocycles. The third-order valence-corrected chi connectivity index (χ3v) is 3.37. The van der Waals surface area contributed by atoms with Gasteiger partial charge < -0.3 is 25.6 Å². The summed E-state index contributed by atoms with van der Waals surface area (Å²) in [6, 6.07) is 4.26. The Morgan fingerprint density at radius 1 is 1.48 bits per heavy atom. The molecule has 21 heavy (non-hydrogen) atoms. The zero-order valence-electron chi connectivity index (χ0n) is 11.7. The van der Waals surface area contributed by atoms with Gasteiger partial charge >= 0.3 is 5.97 Å². The molecule has 1 aromatic carbocycles. The van der Waals surface area contributed by atoms with Crippen molar-refractivity contribution < 1.29 is 24.2 Å². The Morgan fingerprint density at radius 2 is 2.24 bits per heavy atom. The lowest BCUT2D eigenvalue weighted by Crippen LogP contribution is -2.30. The number of hydrogen-bond donors (Lipinski definition) is 3. The van der Waals surface area contributed by atoms with E-state index in [1.54, 1.807) is 0 Å². The first kappa shape index (κ1) is 15.3. The minimum Gasteiger partial charge on any atom is -0.495 e. The molecule has 1 amide bonds. The number of carbonyl (C=O) groups is 2. The van der Waals surface area contributed by atoms with Crippen LogP contribution >= 0.6 is 0 Å². The van der Waals surface area contributed by atoms with Gasteiger partial charge in [0.05, 0.1) is 24.5 Å². The van der Waals surface area contributed by atoms with Crippen LogP contribution in [0.5, 0.6) is 5.75 Å². The molecule has 1 aliphatic heterocycles. The minimum atomic E-state index is -1.08. The van der Waals surface area contributed by atoms with Crippen molar-refractivity contribution in [1.82, 2.24) is 0 Å². The van der Waals surface area contributed by atoms with Crippen LogP contribution in [0.3, 0.4) is 0 Å². The van der Waals surface area contributed by atoms with Gasteiger partial charge in [-0.2, -0.15) is 0 Å². The number of ether oxygens (including phenoxy) is 2. The Balaban J connectivity index is 2.12. The lowest BCUT2D eigenvalue weighted by molar-refractivity contribution is -0.126. The maximum absolute atomic E-state index is 12.1. The van der Waals surface area contributed by atoms with Crippen LogP contribution in [-0.2, 0) is 9.53 Å². The summed E-state index contributed by atoms with van der Waals surface area (Å²) in [5.41, 5.74) is 5.88. The topological polar surface area (TPSA) is 111 Å². The molecule has 2 atom stereocenters. The van der Waals surface area contributed by atoms with Gasteiger partial charge in [0.1, 0.15) is 11.9 Å². The Hall–Kier alpha value is -2.12. The fraction of sp³-hybridized carbons (Fsp3) is 0.429. The van der Waals surface area contributed by atoms with Gasteiger partial charge in [-0.15, -0.1) is 0 Å². The van der Waals surface area contributed by atoms with Crippen molar-refractivity contribution >= 4 is 17.6 Å². The van der Waals surface area contributed by atoms with Crippen molar-refractivity contribution in [3.05, 3.63) is 23.8 Å². The molecule has 0 spiro atoms. The number of carboxylic acids is 1. The van der Waals surface area contributed by atoms with Crippen LogP contribution in [0.15, 0.2) is 18.2 Å². The second kappa shape index (κ2) is 6.55. The number of nitrogens with two attached hydrogens (primary N) is 1. The SMILES string of the molecule is COc1ccc(C(=O)O)cc1NC(=O)C1CCC(CN)O1. The van der Waals surface area contributed by atoms with Gasteiger partial charge in [-0.05, 0) is 31.0 Å². The maximum Gasteiger partial charge on any atom is 0.335 e. The first-order valence-corrected chi connectivity index (χ1v) is 6.63. The summed E-state index contributed by atoms with van der Waals surface area (Å²) >= 11 is 0. The Kier molecular flexibility index (Phi) is 4.77. The molecule has 0 aliphatic carbocycles. The predicted molar refractivity (Wildman–Crippen MR) is 75.5 cm³/mol. The molecule has 7 nitrogen and oxygen atoms in total. The lowest BCUT2D eigenvalue weighted by Gasteiger charge is -2.15. The highest BCUT2D eigenvalue weighted by Gasteiger charge is 2.30. The summed E-state index contributed by atoms with van der Waals surface area (Å²) in [6.07, 6.45) is 0.653. The summed E-state index contributed by atoms with van der Waals surface area (Å²) in [5, 5.41) is 11.6. The molecule has 1 heterocycles. The van der Waals surface area contributed by atoms with Gasteiger partial charge in [-0.3, -0.25) is 4.79 Å². The largest absolute Gasteiger partial charge is 0.495 e. The van der Waals surface area contributed by atoms with Gasteiger partial charge in [0.2, 0.25) is 0 Å². The van der Waals surface area contributed by atoms with Crippen molar-refractivity contribution in [2.24, 2.45) is 5.73 Å². The Morgan fingerprint density at radius 3 is 2.81 bits per heavy atom. The van der Waals surface area contributed by atoms with E-state index in [0.717, 1.165) is 6.42 Å². The number of rotatable bonds is 5. The van der Waals surface area contributed by atoms with E-state index in [4.69, 9.17) is 20.3 Å². The van der Waals surface area contributed by atoms with Gasteiger partial charge in [0.25, 0.3) is 5.91 Å². The molecule has 1 aromatic rings. The van der Waals surface area contributed by atoms with E-state index in [-0.39, 0.29) is 17.6 Å². The quantitative estimate of drug-likeness (QED) is 0.742. The molecular weight excluding hydrogens is 276 g/mol. The average Bonchev–Trinajstić information content (AvgIpc) is 2.96. The maximum atomic E-state index is 12.1. The molecule has 0 bridgehead atoms. The number of carbonyl (C=O) groups excluding carboxylic acids is 1. The van der Waals surface area contributed by atoms with Crippen LogP contribution in [0.4, 0.5) is 5.69 Å². The van der Waals surface area contributed by atoms with E-state index in [9.17, 15) is 9.59 Å². The molecule has 4 N–H and O–H groups in total. The summed E-state index contributed by atoms with van der Waals surface area (Å²) in [5.74, 6) is -1.01. The van der Waals surface area contributed by atoms with Crippen LogP contribution in [0.1, 0.15) is 23.2 Å². The molecule has 0 aromatic heterocycles. The molecule has 7 heteroatoms. The highest BCUT2D eigenvalue weighted by atomic mass is 16.5. The van der Waals surface area contributed by atoms with Gasteiger partial charge in [-0.1, -0.05) is 0 Å². The second-order valence-corrected chi connectivity index (χ2v) is 4.77. The van der Waals surface area contributed by atoms with Gasteiger partial charge in [-0.25, -0.2) is 4.79 Å². The standard InChI is InChI=1S/C14H18N2O5/c1-20-11-4-2-8(14(18)19)6-10(11)16-13(17)12-5-3-9(7-15)21-12/h2,4,6,9,12H,3,5,7,15H2,1H3,(H,16,17)(H,18,19). The van der Waals surface area contributed by atoms with Crippen molar-refractivity contribution in [3.63, 3.8) is 0 Å². The molecule has 2 rings (SSSR count). The number of carboxylic acid groups (broad SMARTS) is 1. The number of nitrogens with one attached hydrogen (secondary N) is 1. The van der Waals surface area contributed by atoms with Crippen LogP contribution < -0.4 is 15.8 Å². The zero-order valence-corrected chi connectivity index (χ0v) is 11.7. The molecule has 114 valence electrons. The predicted octanol–water partition coefficient (Wildman–Crippen LogP) is 0.838. The van der Waals surface area contributed by atoms with E-state index in [2.05, 4.69) is 5.32 Å². The highest BCUT2D eigenvalue weighted by Crippen LogP contribution is 2.27. The molecule has 1 aliphatic rings. The number of amides is 1. The zero-order chi connectivity index (χ0) is 15.4. The summed E-state index contributed by atoms with van der Waals surface area (Å²) < 4.78 is 10.6. The third-order valence-electron chi connectivity index (χ3n) is 3.37. The number of hydrogen-bond acceptors (Lipinski definition) is 5. The van der Waals surface area contributed by atoms with E-state index in [1.165, 1.54) is 25.3 Å². The van der Waals surface area contributed by atoms with Crippen LogP contribution in [-0.4, -0.2) is 42.8 Å². The summed E-state index contributed by atoms with van der Waals surface area (Å²) in [7, 11) is 1.45. The third kappa shape index (κ3) is 3.50. The monoisotopic (exact) mass is 294 g/mol. The average molecular weight is 294 g/mol. The van der Waals surface area contributed by atoms with Crippen LogP contribution in [0.25, 0.3) is 0 Å². The van der Waals surface area contributed by atoms with Gasteiger partial charge in [0, 0.05) is 6.54 Å². The molecule has 0 saturated carbocycles. The van der Waals surface area contributed by atoms with Gasteiger partial charge in [0.15, 0.2) is 0 Å². The normalized spacial score (nSPS) is 21.0. The molecular formula is C14H18N2O5. The highest BCUT2D eigenvalue weighted by molar-refractivity contribution is 5.97. The van der Waals surface area contributed by atoms with E-state index in [1.807, 2.05) is 0 Å². The fourth-order valence-corrected chi connectivity index (χ4v) is 2.22. The van der Waals surface area contributed by atoms with Crippen LogP contribution in [0, 0.1) is 0 Å². The molecule has 0 radical (unpaired) electrons. The number of benzene rings is 1. The van der Waals surface area contributed by atoms with Crippen LogP contribution in [0.2, 0.25) is 0 Å². The number of anilines is 1. The van der Waals surface area contributed by atoms with E-state index in [0.29, 0.717) is 24.4 Å². The lowest BCUT2D eigenvalue weighted by atomic mass is 10.1. The fourth-order valence-electron chi connectivity index (χ4n) is 2.22. The first-order chi connectivity index (χ1) is 10.0. The molecule has 2 unspecified atom stereocenters. The van der Waals surface area contributed by atoms with Crippen molar-refractivity contribution in [3.8, 4) is 5.75 Å². The number of methoxy groups -OCH3 is 1. The Labute approximate surface area is 122 Å². The first-order valence-electron chi connectivity index (χ1n) is 6.63. The minimum absolute atomic E-state index is 0.0678. The summed E-state index contributed by atoms with van der Waals surface area (Å²) in [4.78, 5) is 23.1. The van der Waals surface area contributed by atoms with Crippen molar-refractivity contribution in [2.75, 3.05) is 19.0 Å². The van der Waals surface area contributed by atoms with E-state index < -0.39 is 12.1 Å². The molecule has 1 fully saturated rings. The van der Waals surface area contributed by atoms with Crippen molar-refractivity contribution in [2.45, 2.75) is 25.0 Å². The van der Waals surface area contributed by atoms with E-state index >= 15 is 0 Å². The van der Waals surface area contributed by atoms with Crippen molar-refractivity contribution in [1.29, 1.82) is 0 Å². The summed E-state index contributed by atoms with van der Waals surface area (Å²) in [6.45, 7) is 0.377. The smallest absolute Gasteiger partial charge is 0.335 e. The Bertz CT molecular complexity index is 546. The number of aromatic carboxylic acids is 1.